The number of carbonyl (C=O) groups is 1. The molecule has 1 fully saturated rings. The van der Waals surface area contributed by atoms with Gasteiger partial charge in [-0.2, -0.15) is 0 Å². The van der Waals surface area contributed by atoms with Crippen molar-refractivity contribution in [3.63, 3.8) is 0 Å². The monoisotopic (exact) mass is 314 g/mol. The first-order valence-electron chi connectivity index (χ1n) is 7.19. The smallest absolute Gasteiger partial charge is 0.225 e. The first-order valence-corrected chi connectivity index (χ1v) is 7.57. The Kier molecular flexibility index (Phi) is 5.24. The van der Waals surface area contributed by atoms with Gasteiger partial charge in [0.25, 0.3) is 0 Å². The topological polar surface area (TPSA) is 61.6 Å². The van der Waals surface area contributed by atoms with E-state index in [1.165, 1.54) is 6.20 Å². The van der Waals surface area contributed by atoms with Crippen LogP contribution in [0.5, 0.6) is 0 Å². The molecule has 1 N–H and O–H groups in total. The summed E-state index contributed by atoms with van der Waals surface area (Å²) < 4.78 is 1.60. The van der Waals surface area contributed by atoms with E-state index in [2.05, 4.69) is 9.88 Å². The number of nitrogens with zero attached hydrogens (tertiary/aromatic N) is 4. The standard InChI is InChI=1S/C14H23ClN4O2/c1-17(2)10-5-4-6-19(9-10)13(21)7-11(20)14-16-8-12(15)18(14)3/h8,10-11,20H,4-7,9H2,1-3H3. The highest BCUT2D eigenvalue weighted by Gasteiger charge is 2.27. The molecule has 1 aliphatic rings. The number of rotatable bonds is 4. The van der Waals surface area contributed by atoms with Gasteiger partial charge in [0.15, 0.2) is 0 Å². The Morgan fingerprint density at radius 2 is 2.33 bits per heavy atom. The predicted octanol–water partition coefficient (Wildman–Crippen LogP) is 1.05. The van der Waals surface area contributed by atoms with Crippen LogP contribution in [0.15, 0.2) is 6.20 Å². The fraction of sp³-hybridized carbons (Fsp3) is 0.714. The number of imidazole rings is 1. The maximum Gasteiger partial charge on any atom is 0.225 e. The third-order valence-electron chi connectivity index (χ3n) is 4.11. The molecule has 1 aliphatic heterocycles. The summed E-state index contributed by atoms with van der Waals surface area (Å²) in [7, 11) is 5.79. The molecule has 0 aromatic carbocycles. The highest BCUT2D eigenvalue weighted by Crippen LogP contribution is 2.21. The van der Waals surface area contributed by atoms with Gasteiger partial charge < -0.3 is 19.5 Å². The van der Waals surface area contributed by atoms with E-state index in [4.69, 9.17) is 11.6 Å². The van der Waals surface area contributed by atoms with Crippen molar-refractivity contribution in [3.05, 3.63) is 17.2 Å². The molecule has 0 bridgehead atoms. The molecular weight excluding hydrogens is 292 g/mol. The van der Waals surface area contributed by atoms with Crippen LogP contribution in [-0.4, -0.2) is 63.6 Å². The van der Waals surface area contributed by atoms with Crippen LogP contribution in [0.1, 0.15) is 31.2 Å². The fourth-order valence-corrected chi connectivity index (χ4v) is 2.84. The highest BCUT2D eigenvalue weighted by molar-refractivity contribution is 6.29. The second-order valence-corrected chi connectivity index (χ2v) is 6.20. The van der Waals surface area contributed by atoms with Crippen molar-refractivity contribution in [1.82, 2.24) is 19.4 Å². The normalized spacial score (nSPS) is 20.9. The highest BCUT2D eigenvalue weighted by atomic mass is 35.5. The van der Waals surface area contributed by atoms with Crippen LogP contribution in [-0.2, 0) is 11.8 Å². The molecule has 1 aromatic heterocycles. The zero-order chi connectivity index (χ0) is 15.6. The van der Waals surface area contributed by atoms with Crippen LogP contribution in [0.3, 0.4) is 0 Å². The van der Waals surface area contributed by atoms with Crippen LogP contribution in [0, 0.1) is 0 Å². The third-order valence-corrected chi connectivity index (χ3v) is 4.46. The Hall–Kier alpha value is -1.11. The molecule has 1 saturated heterocycles. The lowest BCUT2D eigenvalue weighted by molar-refractivity contribution is -0.135. The number of aromatic nitrogens is 2. The number of piperidine rings is 1. The summed E-state index contributed by atoms with van der Waals surface area (Å²) in [6.07, 6.45) is 2.71. The van der Waals surface area contributed by atoms with Gasteiger partial charge in [-0.25, -0.2) is 4.98 Å². The van der Waals surface area contributed by atoms with E-state index in [1.807, 2.05) is 19.0 Å². The van der Waals surface area contributed by atoms with Gasteiger partial charge in [0.2, 0.25) is 5.91 Å². The number of hydrogen-bond acceptors (Lipinski definition) is 4. The molecule has 7 heteroatoms. The third kappa shape index (κ3) is 3.75. The van der Waals surface area contributed by atoms with E-state index in [9.17, 15) is 9.90 Å². The molecule has 2 heterocycles. The SMILES string of the molecule is CN(C)C1CCCN(C(=O)CC(O)c2ncc(Cl)n2C)C1. The summed E-state index contributed by atoms with van der Waals surface area (Å²) in [5.74, 6) is 0.391. The molecule has 6 nitrogen and oxygen atoms in total. The minimum atomic E-state index is -0.922. The van der Waals surface area contributed by atoms with Gasteiger partial charge >= 0.3 is 0 Å². The van der Waals surface area contributed by atoms with Gasteiger partial charge in [0.1, 0.15) is 17.1 Å². The maximum atomic E-state index is 12.3. The lowest BCUT2D eigenvalue weighted by Crippen LogP contribution is -2.47. The minimum Gasteiger partial charge on any atom is -0.385 e. The van der Waals surface area contributed by atoms with Gasteiger partial charge in [-0.05, 0) is 26.9 Å². The van der Waals surface area contributed by atoms with Gasteiger partial charge in [0.05, 0.1) is 12.6 Å². The van der Waals surface area contributed by atoms with Crippen LogP contribution in [0.25, 0.3) is 0 Å². The Bertz CT molecular complexity index is 503. The predicted molar refractivity (Wildman–Crippen MR) is 81.1 cm³/mol. The van der Waals surface area contributed by atoms with Crippen molar-refractivity contribution < 1.29 is 9.90 Å². The molecule has 0 aliphatic carbocycles. The van der Waals surface area contributed by atoms with Gasteiger partial charge in [-0.15, -0.1) is 0 Å². The van der Waals surface area contributed by atoms with Crippen molar-refractivity contribution in [2.24, 2.45) is 7.05 Å². The summed E-state index contributed by atoms with van der Waals surface area (Å²) >= 11 is 5.90. The number of aliphatic hydroxyl groups excluding tert-OH is 1. The van der Waals surface area contributed by atoms with E-state index >= 15 is 0 Å². The van der Waals surface area contributed by atoms with Crippen LogP contribution >= 0.6 is 11.6 Å². The van der Waals surface area contributed by atoms with E-state index < -0.39 is 6.10 Å². The average molecular weight is 315 g/mol. The number of hydrogen-bond donors (Lipinski definition) is 1. The van der Waals surface area contributed by atoms with Crippen molar-refractivity contribution in [2.75, 3.05) is 27.2 Å². The largest absolute Gasteiger partial charge is 0.385 e. The average Bonchev–Trinajstić information content (AvgIpc) is 2.79. The van der Waals surface area contributed by atoms with Gasteiger partial charge in [-0.3, -0.25) is 4.79 Å². The maximum absolute atomic E-state index is 12.3. The second-order valence-electron chi connectivity index (χ2n) is 5.82. The summed E-state index contributed by atoms with van der Waals surface area (Å²) in [6, 6.07) is 0.391. The summed E-state index contributed by atoms with van der Waals surface area (Å²) in [5, 5.41) is 10.6. The second kappa shape index (κ2) is 6.77. The molecule has 118 valence electrons. The van der Waals surface area contributed by atoms with E-state index in [0.29, 0.717) is 17.0 Å². The first-order chi connectivity index (χ1) is 9.90. The summed E-state index contributed by atoms with van der Waals surface area (Å²) in [4.78, 5) is 20.4. The van der Waals surface area contributed by atoms with E-state index in [-0.39, 0.29) is 12.3 Å². The van der Waals surface area contributed by atoms with E-state index in [0.717, 1.165) is 25.9 Å². The minimum absolute atomic E-state index is 0.0341. The Morgan fingerprint density at radius 1 is 1.62 bits per heavy atom. The zero-order valence-electron chi connectivity index (χ0n) is 12.8. The fourth-order valence-electron chi connectivity index (χ4n) is 2.70. The Labute approximate surface area is 130 Å². The van der Waals surface area contributed by atoms with Crippen LogP contribution in [0.4, 0.5) is 0 Å². The van der Waals surface area contributed by atoms with Crippen molar-refractivity contribution >= 4 is 17.5 Å². The number of likely N-dealkylation sites (tertiary alicyclic amines) is 1. The molecule has 1 amide bonds. The number of halogens is 1. The molecule has 21 heavy (non-hydrogen) atoms. The lowest BCUT2D eigenvalue weighted by atomic mass is 10.0. The number of amides is 1. The first kappa shape index (κ1) is 16.3. The molecule has 2 unspecified atom stereocenters. The number of aliphatic hydroxyl groups is 1. The van der Waals surface area contributed by atoms with Crippen LogP contribution < -0.4 is 0 Å². The molecule has 2 atom stereocenters. The quantitative estimate of drug-likeness (QED) is 0.902. The summed E-state index contributed by atoms with van der Waals surface area (Å²) in [5.41, 5.74) is 0. The molecular formula is C14H23ClN4O2. The van der Waals surface area contributed by atoms with Crippen molar-refractivity contribution in [3.8, 4) is 0 Å². The molecule has 1 aromatic rings. The molecule has 2 rings (SSSR count). The van der Waals surface area contributed by atoms with Crippen molar-refractivity contribution in [2.45, 2.75) is 31.4 Å². The number of carbonyl (C=O) groups excluding carboxylic acids is 1. The van der Waals surface area contributed by atoms with E-state index in [1.54, 1.807) is 11.6 Å². The molecule has 0 spiro atoms. The number of likely N-dealkylation sites (N-methyl/N-ethyl adjacent to an activating group) is 1. The Balaban J connectivity index is 1.96. The van der Waals surface area contributed by atoms with Crippen molar-refractivity contribution in [1.29, 1.82) is 0 Å². The zero-order valence-corrected chi connectivity index (χ0v) is 13.5. The van der Waals surface area contributed by atoms with Gasteiger partial charge in [-0.1, -0.05) is 11.6 Å². The summed E-state index contributed by atoms with van der Waals surface area (Å²) in [6.45, 7) is 1.48. The Morgan fingerprint density at radius 3 is 2.90 bits per heavy atom. The van der Waals surface area contributed by atoms with Gasteiger partial charge in [0, 0.05) is 26.2 Å². The molecule has 0 radical (unpaired) electrons. The van der Waals surface area contributed by atoms with Crippen LogP contribution in [0.2, 0.25) is 5.15 Å². The molecule has 0 saturated carbocycles. The lowest BCUT2D eigenvalue weighted by Gasteiger charge is -2.36.